The number of ether oxygens (including phenoxy) is 3. The molecule has 5 aliphatic rings. The van der Waals surface area contributed by atoms with Crippen LogP contribution >= 0.6 is 0 Å². The highest BCUT2D eigenvalue weighted by Gasteiger charge is 2.65. The molecule has 0 bridgehead atoms. The first-order valence-electron chi connectivity index (χ1n) is 26.1. The van der Waals surface area contributed by atoms with Gasteiger partial charge < -0.3 is 14.2 Å². The Kier molecular flexibility index (Phi) is 14.7. The van der Waals surface area contributed by atoms with Crippen molar-refractivity contribution in [1.29, 1.82) is 0 Å². The zero-order valence-corrected chi connectivity index (χ0v) is 44.1. The second kappa shape index (κ2) is 19.7. The van der Waals surface area contributed by atoms with Crippen LogP contribution in [0.5, 0.6) is 0 Å². The molecule has 12 heteroatoms. The Labute approximate surface area is 417 Å². The summed E-state index contributed by atoms with van der Waals surface area (Å²) in [4.78, 5) is 64.3. The third kappa shape index (κ3) is 10.9. The normalized spacial score (nSPS) is 27.7. The number of rotatable bonds is 12. The molecule has 0 aromatic heterocycles. The molecule has 3 heterocycles. The summed E-state index contributed by atoms with van der Waals surface area (Å²) in [6.45, 7) is 26.1. The Bertz CT molecular complexity index is 2150. The van der Waals surface area contributed by atoms with Crippen molar-refractivity contribution in [3.8, 4) is 0 Å². The van der Waals surface area contributed by atoms with Crippen LogP contribution in [0.1, 0.15) is 191 Å². The first-order chi connectivity index (χ1) is 32.8. The summed E-state index contributed by atoms with van der Waals surface area (Å²) in [5, 5.41) is 6.50. The van der Waals surface area contributed by atoms with Gasteiger partial charge in [-0.05, 0) is 151 Å². The van der Waals surface area contributed by atoms with E-state index in [0.717, 1.165) is 32.1 Å². The van der Waals surface area contributed by atoms with Crippen molar-refractivity contribution in [3.05, 3.63) is 108 Å². The maximum atomic E-state index is 13.5. The lowest BCUT2D eigenvalue weighted by Crippen LogP contribution is -2.74. The number of benzene rings is 3. The first-order valence-corrected chi connectivity index (χ1v) is 26.1. The third-order valence-corrected chi connectivity index (χ3v) is 15.9. The quantitative estimate of drug-likeness (QED) is 0.0977. The van der Waals surface area contributed by atoms with Crippen molar-refractivity contribution in [3.63, 3.8) is 0 Å². The maximum Gasteiger partial charge on any atom is 0.338 e. The Morgan fingerprint density at radius 1 is 0.414 bits per heavy atom. The van der Waals surface area contributed by atoms with Crippen LogP contribution in [0.15, 0.2) is 91.0 Å². The van der Waals surface area contributed by atoms with E-state index in [-0.39, 0.29) is 42.1 Å². The molecular formula is C58H81N3O9. The largest absolute Gasteiger partial charge is 0.459 e. The van der Waals surface area contributed by atoms with Crippen LogP contribution in [0.2, 0.25) is 0 Å². The molecule has 3 unspecified atom stereocenters. The van der Waals surface area contributed by atoms with Crippen molar-refractivity contribution < 1.29 is 43.1 Å². The number of nitrogens with zero attached hydrogens (tertiary/aromatic N) is 3. The third-order valence-electron chi connectivity index (χ3n) is 15.9. The zero-order chi connectivity index (χ0) is 50.5. The molecule has 0 spiro atoms. The van der Waals surface area contributed by atoms with Crippen LogP contribution in [0.3, 0.4) is 0 Å². The summed E-state index contributed by atoms with van der Waals surface area (Å²) in [7, 11) is 0. The van der Waals surface area contributed by atoms with Crippen LogP contribution < -0.4 is 0 Å². The average molecular weight is 964 g/mol. The molecule has 70 heavy (non-hydrogen) atoms. The van der Waals surface area contributed by atoms with Crippen molar-refractivity contribution in [2.45, 2.75) is 224 Å². The number of carbonyl (C=O) groups is 3. The number of fused-ring (bicyclic) bond motifs is 1. The number of hydrogen-bond acceptors (Lipinski definition) is 12. The van der Waals surface area contributed by atoms with Gasteiger partial charge in [-0.25, -0.2) is 14.4 Å². The number of hydrogen-bond donors (Lipinski definition) is 0. The Hall–Kier alpha value is -4.17. The van der Waals surface area contributed by atoms with Gasteiger partial charge in [0.15, 0.2) is 0 Å². The number of hydroxylamine groups is 6. The van der Waals surface area contributed by atoms with Gasteiger partial charge in [0.05, 0.1) is 16.7 Å². The van der Waals surface area contributed by atoms with E-state index in [1.165, 1.54) is 0 Å². The summed E-state index contributed by atoms with van der Waals surface area (Å²) >= 11 is 0. The molecule has 2 saturated carbocycles. The predicted octanol–water partition coefficient (Wildman–Crippen LogP) is 12.1. The fourth-order valence-electron chi connectivity index (χ4n) is 13.6. The standard InChI is InChI=1S/C58H81N3O9/c1-52(2)34-44(65-49(62)41-25-16-13-17-26-41)35-53(3,4)59(52)68-48-33-32-40-24-22-23-31-47(40)58(48,69-60-54(5,6)36-45(37-55(60,7)8)66-50(63)42-27-18-14-19-28-42)70-61-56(9,10)38-46(39-57(61,11)12)67-51(64)43-29-20-15-21-30-43/h13-21,25-30,40,44-48H,22-24,31-39H2,1-12H3. The molecule has 0 radical (unpaired) electrons. The van der Waals surface area contributed by atoms with Gasteiger partial charge in [0.2, 0.25) is 5.79 Å². The summed E-state index contributed by atoms with van der Waals surface area (Å²) < 4.78 is 18.9. The van der Waals surface area contributed by atoms with E-state index in [2.05, 4.69) is 98.3 Å². The van der Waals surface area contributed by atoms with E-state index in [9.17, 15) is 14.4 Å². The van der Waals surface area contributed by atoms with Crippen LogP contribution in [-0.2, 0) is 28.7 Å². The van der Waals surface area contributed by atoms with Gasteiger partial charge in [0, 0.05) is 77.7 Å². The Balaban J connectivity index is 1.16. The molecule has 8 rings (SSSR count). The zero-order valence-electron chi connectivity index (χ0n) is 44.1. The molecule has 2 aliphatic carbocycles. The van der Waals surface area contributed by atoms with E-state index in [1.807, 2.05) is 54.6 Å². The SMILES string of the molecule is CC1(C)CC(OC(=O)c2ccccc2)CC(C)(C)N1OC1CCC2CCCCC2C1(ON1C(C)(C)CC(OC(=O)c2ccccc2)CC1(C)C)ON1C(C)(C)CC(OC(=O)c2ccccc2)CC1(C)C. The van der Waals surface area contributed by atoms with E-state index in [0.29, 0.717) is 67.6 Å². The molecule has 3 aromatic carbocycles. The first kappa shape index (κ1) is 52.2. The lowest BCUT2D eigenvalue weighted by Gasteiger charge is -2.64. The van der Waals surface area contributed by atoms with Gasteiger partial charge in [0.1, 0.15) is 24.4 Å². The van der Waals surface area contributed by atoms with Gasteiger partial charge in [-0.2, -0.15) is 15.2 Å². The topological polar surface area (TPSA) is 116 Å². The molecule has 3 aliphatic heterocycles. The highest BCUT2D eigenvalue weighted by atomic mass is 16.9. The van der Waals surface area contributed by atoms with Crippen molar-refractivity contribution in [1.82, 2.24) is 15.2 Å². The van der Waals surface area contributed by atoms with Gasteiger partial charge >= 0.3 is 17.9 Å². The molecule has 0 amide bonds. The second-order valence-electron chi connectivity index (χ2n) is 24.9. The highest BCUT2D eigenvalue weighted by Crippen LogP contribution is 2.56. The minimum Gasteiger partial charge on any atom is -0.459 e. The molecule has 0 N–H and O–H groups in total. The molecular weight excluding hydrogens is 883 g/mol. The van der Waals surface area contributed by atoms with E-state index >= 15 is 0 Å². The van der Waals surface area contributed by atoms with E-state index < -0.39 is 45.1 Å². The molecule has 3 saturated heterocycles. The van der Waals surface area contributed by atoms with Crippen LogP contribution in [0.4, 0.5) is 0 Å². The second-order valence-corrected chi connectivity index (χ2v) is 24.9. The smallest absolute Gasteiger partial charge is 0.338 e. The molecule has 3 aromatic rings. The Morgan fingerprint density at radius 3 is 1.07 bits per heavy atom. The van der Waals surface area contributed by atoms with Crippen molar-refractivity contribution in [2.24, 2.45) is 11.8 Å². The van der Waals surface area contributed by atoms with Gasteiger partial charge in [-0.3, -0.25) is 14.5 Å². The van der Waals surface area contributed by atoms with E-state index in [4.69, 9.17) is 28.7 Å². The summed E-state index contributed by atoms with van der Waals surface area (Å²) in [6, 6.07) is 27.6. The van der Waals surface area contributed by atoms with Gasteiger partial charge in [-0.1, -0.05) is 67.4 Å². The van der Waals surface area contributed by atoms with Crippen LogP contribution in [0.25, 0.3) is 0 Å². The number of piperidine rings is 3. The van der Waals surface area contributed by atoms with Crippen LogP contribution in [-0.4, -0.2) is 96.5 Å². The van der Waals surface area contributed by atoms with Crippen molar-refractivity contribution >= 4 is 17.9 Å². The summed E-state index contributed by atoms with van der Waals surface area (Å²) in [5.74, 6) is -2.04. The lowest BCUT2D eigenvalue weighted by atomic mass is 9.66. The average Bonchev–Trinajstić information content (AvgIpc) is 3.28. The van der Waals surface area contributed by atoms with Gasteiger partial charge in [0.25, 0.3) is 0 Å². The fourth-order valence-corrected chi connectivity index (χ4v) is 13.6. The minimum absolute atomic E-state index is 0.0453. The summed E-state index contributed by atoms with van der Waals surface area (Å²) in [6.07, 6.45) is 7.44. The molecule has 5 fully saturated rings. The van der Waals surface area contributed by atoms with Crippen molar-refractivity contribution in [2.75, 3.05) is 0 Å². The van der Waals surface area contributed by atoms with Gasteiger partial charge in [-0.15, -0.1) is 0 Å². The molecule has 3 atom stereocenters. The van der Waals surface area contributed by atoms with E-state index in [1.54, 1.807) is 36.4 Å². The monoisotopic (exact) mass is 964 g/mol. The predicted molar refractivity (Wildman–Crippen MR) is 269 cm³/mol. The minimum atomic E-state index is -1.34. The summed E-state index contributed by atoms with van der Waals surface area (Å²) in [5.41, 5.74) is -2.07. The Morgan fingerprint density at radius 2 is 0.729 bits per heavy atom. The highest BCUT2D eigenvalue weighted by molar-refractivity contribution is 5.90. The number of carbonyl (C=O) groups excluding carboxylic acids is 3. The maximum absolute atomic E-state index is 13.5. The number of esters is 3. The molecule has 382 valence electrons. The lowest BCUT2D eigenvalue weighted by molar-refractivity contribution is -0.524. The van der Waals surface area contributed by atoms with Crippen LogP contribution in [0, 0.1) is 11.8 Å². The molecule has 12 nitrogen and oxygen atoms in total. The fraction of sp³-hybridized carbons (Fsp3) is 0.638.